The van der Waals surface area contributed by atoms with Crippen LogP contribution in [0.2, 0.25) is 0 Å². The van der Waals surface area contributed by atoms with E-state index in [1.54, 1.807) is 0 Å². The number of hydrogen-bond acceptors (Lipinski definition) is 2. The largest absolute Gasteiger partial charge is 0.383 e. The Balaban J connectivity index is 2.69. The van der Waals surface area contributed by atoms with Gasteiger partial charge in [-0.05, 0) is 6.42 Å². The van der Waals surface area contributed by atoms with Gasteiger partial charge in [0.1, 0.15) is 6.10 Å². The molecule has 0 aromatic rings. The Kier molecular flexibility index (Phi) is 1.68. The lowest BCUT2D eigenvalue weighted by molar-refractivity contribution is -0.139. The van der Waals surface area contributed by atoms with Crippen LogP contribution in [0.25, 0.3) is 0 Å². The molecule has 3 nitrogen and oxygen atoms in total. The fourth-order valence-electron chi connectivity index (χ4n) is 1.10. The molecule has 0 bridgehead atoms. The lowest BCUT2D eigenvalue weighted by atomic mass is 9.80. The quantitative estimate of drug-likeness (QED) is 0.497. The number of nitrogens with one attached hydrogen (secondary N) is 1. The van der Waals surface area contributed by atoms with Gasteiger partial charge in [-0.25, -0.2) is 0 Å². The molecule has 0 aromatic carbocycles. The van der Waals surface area contributed by atoms with Crippen LogP contribution in [0.1, 0.15) is 20.3 Å². The zero-order valence-electron chi connectivity index (χ0n) is 6.35. The molecule has 0 spiro atoms. The van der Waals surface area contributed by atoms with E-state index in [2.05, 4.69) is 5.32 Å². The van der Waals surface area contributed by atoms with Crippen LogP contribution >= 0.6 is 0 Å². The molecule has 2 N–H and O–H groups in total. The Hall–Kier alpha value is -0.570. The summed E-state index contributed by atoms with van der Waals surface area (Å²) in [6.45, 7) is 4.48. The second-order valence-electron chi connectivity index (χ2n) is 3.43. The molecule has 1 saturated heterocycles. The van der Waals surface area contributed by atoms with Crippen molar-refractivity contribution < 1.29 is 9.90 Å². The van der Waals surface area contributed by atoms with Crippen molar-refractivity contribution in [2.24, 2.45) is 5.41 Å². The van der Waals surface area contributed by atoms with Gasteiger partial charge in [0, 0.05) is 12.0 Å². The molecule has 1 rings (SSSR count). The van der Waals surface area contributed by atoms with Crippen molar-refractivity contribution in [3.8, 4) is 0 Å². The molecular weight excluding hydrogens is 130 g/mol. The molecule has 10 heavy (non-hydrogen) atoms. The molecule has 1 aliphatic heterocycles. The normalized spacial score (nSPS) is 31.5. The van der Waals surface area contributed by atoms with Gasteiger partial charge < -0.3 is 10.4 Å². The van der Waals surface area contributed by atoms with Gasteiger partial charge in [0.25, 0.3) is 0 Å². The molecular formula is C7H13NO2. The third kappa shape index (κ3) is 1.14. The summed E-state index contributed by atoms with van der Waals surface area (Å²) in [4.78, 5) is 10.8. The molecule has 1 heterocycles. The summed E-state index contributed by atoms with van der Waals surface area (Å²) in [5, 5.41) is 11.9. The first-order chi connectivity index (χ1) is 4.54. The monoisotopic (exact) mass is 143 g/mol. The maximum atomic E-state index is 10.8. The van der Waals surface area contributed by atoms with Crippen molar-refractivity contribution in [2.75, 3.05) is 6.54 Å². The SMILES string of the molecule is CC1(C)CCNC(=O)C1O. The van der Waals surface area contributed by atoms with Crippen LogP contribution in [0.15, 0.2) is 0 Å². The number of amides is 1. The Morgan fingerprint density at radius 3 is 2.70 bits per heavy atom. The fourth-order valence-corrected chi connectivity index (χ4v) is 1.10. The maximum Gasteiger partial charge on any atom is 0.249 e. The van der Waals surface area contributed by atoms with Gasteiger partial charge in [0.2, 0.25) is 5.91 Å². The fraction of sp³-hybridized carbons (Fsp3) is 0.857. The maximum absolute atomic E-state index is 10.8. The average molecular weight is 143 g/mol. The van der Waals surface area contributed by atoms with E-state index < -0.39 is 6.10 Å². The number of piperidine rings is 1. The minimum Gasteiger partial charge on any atom is -0.383 e. The predicted molar refractivity (Wildman–Crippen MR) is 37.4 cm³/mol. The summed E-state index contributed by atoms with van der Waals surface area (Å²) in [6, 6.07) is 0. The van der Waals surface area contributed by atoms with Crippen LogP contribution < -0.4 is 5.32 Å². The van der Waals surface area contributed by atoms with E-state index >= 15 is 0 Å². The van der Waals surface area contributed by atoms with Crippen molar-refractivity contribution in [1.29, 1.82) is 0 Å². The van der Waals surface area contributed by atoms with Gasteiger partial charge >= 0.3 is 0 Å². The number of carbonyl (C=O) groups is 1. The molecule has 1 unspecified atom stereocenters. The van der Waals surface area contributed by atoms with Crippen molar-refractivity contribution in [1.82, 2.24) is 5.32 Å². The Labute approximate surface area is 60.4 Å². The number of hydrogen-bond donors (Lipinski definition) is 2. The Morgan fingerprint density at radius 1 is 1.70 bits per heavy atom. The molecule has 0 aliphatic carbocycles. The smallest absolute Gasteiger partial charge is 0.249 e. The molecule has 3 heteroatoms. The molecule has 1 aliphatic rings. The highest BCUT2D eigenvalue weighted by Gasteiger charge is 2.36. The minimum atomic E-state index is -0.832. The zero-order chi connectivity index (χ0) is 7.78. The van der Waals surface area contributed by atoms with Crippen molar-refractivity contribution in [2.45, 2.75) is 26.4 Å². The van der Waals surface area contributed by atoms with E-state index in [0.29, 0.717) is 6.54 Å². The second kappa shape index (κ2) is 2.23. The molecule has 58 valence electrons. The van der Waals surface area contributed by atoms with Crippen molar-refractivity contribution in [3.63, 3.8) is 0 Å². The highest BCUT2D eigenvalue weighted by atomic mass is 16.3. The number of aliphatic hydroxyl groups is 1. The average Bonchev–Trinajstić information content (AvgIpc) is 1.83. The standard InChI is InChI=1S/C7H13NO2/c1-7(2)3-4-8-6(10)5(7)9/h5,9H,3-4H2,1-2H3,(H,8,10). The number of rotatable bonds is 0. The van der Waals surface area contributed by atoms with E-state index in [1.165, 1.54) is 0 Å². The molecule has 0 radical (unpaired) electrons. The van der Waals surface area contributed by atoms with E-state index in [9.17, 15) is 9.90 Å². The third-order valence-electron chi connectivity index (χ3n) is 2.06. The van der Waals surface area contributed by atoms with Gasteiger partial charge in [-0.15, -0.1) is 0 Å². The minimum absolute atomic E-state index is 0.240. The van der Waals surface area contributed by atoms with Crippen molar-refractivity contribution >= 4 is 5.91 Å². The molecule has 1 amide bonds. The van der Waals surface area contributed by atoms with Crippen LogP contribution in [0.3, 0.4) is 0 Å². The molecule has 1 atom stereocenters. The summed E-state index contributed by atoms with van der Waals surface area (Å²) >= 11 is 0. The van der Waals surface area contributed by atoms with Crippen molar-refractivity contribution in [3.05, 3.63) is 0 Å². The Morgan fingerprint density at radius 2 is 2.30 bits per heavy atom. The third-order valence-corrected chi connectivity index (χ3v) is 2.06. The van der Waals surface area contributed by atoms with E-state index in [-0.39, 0.29) is 11.3 Å². The summed E-state index contributed by atoms with van der Waals surface area (Å²) in [7, 11) is 0. The Bertz CT molecular complexity index is 154. The van der Waals surface area contributed by atoms with Gasteiger partial charge in [0.15, 0.2) is 0 Å². The summed E-state index contributed by atoms with van der Waals surface area (Å²) in [5.41, 5.74) is -0.248. The van der Waals surface area contributed by atoms with E-state index in [4.69, 9.17) is 0 Å². The predicted octanol–water partition coefficient (Wildman–Crippen LogP) is -0.107. The van der Waals surface area contributed by atoms with Crippen LogP contribution in [-0.4, -0.2) is 23.7 Å². The summed E-state index contributed by atoms with van der Waals surface area (Å²) in [6.07, 6.45) is 0.0150. The first-order valence-corrected chi connectivity index (χ1v) is 3.50. The lowest BCUT2D eigenvalue weighted by Gasteiger charge is -2.33. The number of aliphatic hydroxyl groups excluding tert-OH is 1. The summed E-state index contributed by atoms with van der Waals surface area (Å²) < 4.78 is 0. The molecule has 0 aromatic heterocycles. The second-order valence-corrected chi connectivity index (χ2v) is 3.43. The zero-order valence-corrected chi connectivity index (χ0v) is 6.35. The van der Waals surface area contributed by atoms with E-state index in [1.807, 2.05) is 13.8 Å². The number of carbonyl (C=O) groups excluding carboxylic acids is 1. The highest BCUT2D eigenvalue weighted by Crippen LogP contribution is 2.27. The highest BCUT2D eigenvalue weighted by molar-refractivity contribution is 5.82. The molecule has 0 saturated carbocycles. The van der Waals surface area contributed by atoms with Gasteiger partial charge in [-0.1, -0.05) is 13.8 Å². The van der Waals surface area contributed by atoms with E-state index in [0.717, 1.165) is 6.42 Å². The van der Waals surface area contributed by atoms with Crippen LogP contribution in [0.4, 0.5) is 0 Å². The lowest BCUT2D eigenvalue weighted by Crippen LogP contribution is -2.50. The first-order valence-electron chi connectivity index (χ1n) is 3.50. The summed E-state index contributed by atoms with van der Waals surface area (Å²) in [5.74, 6) is -0.240. The van der Waals surface area contributed by atoms with Gasteiger partial charge in [0.05, 0.1) is 0 Å². The first kappa shape index (κ1) is 7.54. The van der Waals surface area contributed by atoms with Crippen LogP contribution in [-0.2, 0) is 4.79 Å². The van der Waals surface area contributed by atoms with Gasteiger partial charge in [-0.3, -0.25) is 4.79 Å². The van der Waals surface area contributed by atoms with Crippen LogP contribution in [0.5, 0.6) is 0 Å². The molecule has 1 fully saturated rings. The van der Waals surface area contributed by atoms with Crippen LogP contribution in [0, 0.1) is 5.41 Å². The topological polar surface area (TPSA) is 49.3 Å². The van der Waals surface area contributed by atoms with Gasteiger partial charge in [-0.2, -0.15) is 0 Å².